The van der Waals surface area contributed by atoms with E-state index in [0.717, 1.165) is 38.0 Å². The number of fused-ring (bicyclic) bond motifs is 1. The van der Waals surface area contributed by atoms with Gasteiger partial charge in [-0.1, -0.05) is 19.1 Å². The van der Waals surface area contributed by atoms with Gasteiger partial charge < -0.3 is 9.67 Å². The van der Waals surface area contributed by atoms with Gasteiger partial charge in [0.25, 0.3) is 0 Å². The van der Waals surface area contributed by atoms with Crippen LogP contribution in [0.1, 0.15) is 45.4 Å². The summed E-state index contributed by atoms with van der Waals surface area (Å²) < 4.78 is 2.37. The maximum absolute atomic E-state index is 9.70. The second kappa shape index (κ2) is 6.80. The van der Waals surface area contributed by atoms with Crippen LogP contribution in [-0.4, -0.2) is 38.2 Å². The van der Waals surface area contributed by atoms with Crippen LogP contribution in [0, 0.1) is 0 Å². The average molecular weight is 301 g/mol. The zero-order valence-electron chi connectivity index (χ0n) is 13.7. The molecule has 0 bridgehead atoms. The quantitative estimate of drug-likeness (QED) is 0.891. The highest BCUT2D eigenvalue weighted by Gasteiger charge is 2.27. The lowest BCUT2D eigenvalue weighted by Gasteiger charge is -2.25. The second-order valence-corrected chi connectivity index (χ2v) is 6.52. The van der Waals surface area contributed by atoms with Gasteiger partial charge in [-0.2, -0.15) is 0 Å². The molecule has 1 aliphatic rings. The SMILES string of the molecule is CCCn1c(CN2CCCC2CC(C)O)nc2ccccc21. The zero-order chi connectivity index (χ0) is 15.5. The molecule has 0 aliphatic carbocycles. The number of benzene rings is 1. The molecule has 4 nitrogen and oxygen atoms in total. The predicted molar refractivity (Wildman–Crippen MR) is 89.8 cm³/mol. The summed E-state index contributed by atoms with van der Waals surface area (Å²) in [7, 11) is 0. The van der Waals surface area contributed by atoms with Crippen molar-refractivity contribution in [2.24, 2.45) is 0 Å². The Hall–Kier alpha value is -1.39. The molecular formula is C18H27N3O. The first-order valence-corrected chi connectivity index (χ1v) is 8.55. The van der Waals surface area contributed by atoms with Crippen molar-refractivity contribution < 1.29 is 5.11 Å². The third kappa shape index (κ3) is 3.18. The molecular weight excluding hydrogens is 274 g/mol. The van der Waals surface area contributed by atoms with Gasteiger partial charge in [0.2, 0.25) is 0 Å². The topological polar surface area (TPSA) is 41.3 Å². The summed E-state index contributed by atoms with van der Waals surface area (Å²) in [5.74, 6) is 1.17. The first-order valence-electron chi connectivity index (χ1n) is 8.55. The highest BCUT2D eigenvalue weighted by Crippen LogP contribution is 2.25. The number of aryl methyl sites for hydroxylation is 1. The Bertz CT molecular complexity index is 620. The number of hydrogen-bond acceptors (Lipinski definition) is 3. The van der Waals surface area contributed by atoms with Gasteiger partial charge in [0, 0.05) is 12.6 Å². The monoisotopic (exact) mass is 301 g/mol. The molecule has 0 saturated carbocycles. The molecule has 0 spiro atoms. The maximum atomic E-state index is 9.70. The molecule has 120 valence electrons. The van der Waals surface area contributed by atoms with Gasteiger partial charge in [-0.05, 0) is 51.3 Å². The van der Waals surface area contributed by atoms with Gasteiger partial charge in [0.1, 0.15) is 5.82 Å². The number of hydrogen-bond donors (Lipinski definition) is 1. The summed E-state index contributed by atoms with van der Waals surface area (Å²) in [4.78, 5) is 7.37. The number of likely N-dealkylation sites (tertiary alicyclic amines) is 1. The number of aromatic nitrogens is 2. The van der Waals surface area contributed by atoms with Gasteiger partial charge in [-0.15, -0.1) is 0 Å². The van der Waals surface area contributed by atoms with Crippen LogP contribution in [0.25, 0.3) is 11.0 Å². The average Bonchev–Trinajstić information content (AvgIpc) is 3.05. The smallest absolute Gasteiger partial charge is 0.124 e. The van der Waals surface area contributed by atoms with Crippen molar-refractivity contribution in [3.05, 3.63) is 30.1 Å². The van der Waals surface area contributed by atoms with Crippen LogP contribution in [0.2, 0.25) is 0 Å². The molecule has 4 heteroatoms. The number of para-hydroxylation sites is 2. The Morgan fingerprint density at radius 2 is 2.18 bits per heavy atom. The van der Waals surface area contributed by atoms with E-state index < -0.39 is 0 Å². The molecule has 1 aliphatic heterocycles. The Morgan fingerprint density at radius 3 is 2.95 bits per heavy atom. The number of rotatable bonds is 6. The van der Waals surface area contributed by atoms with Gasteiger partial charge in [-0.25, -0.2) is 4.98 Å². The fourth-order valence-electron chi connectivity index (χ4n) is 3.66. The van der Waals surface area contributed by atoms with Crippen molar-refractivity contribution in [3.8, 4) is 0 Å². The van der Waals surface area contributed by atoms with Gasteiger partial charge in [0.05, 0.1) is 23.7 Å². The van der Waals surface area contributed by atoms with Crippen molar-refractivity contribution in [3.63, 3.8) is 0 Å². The minimum atomic E-state index is -0.222. The molecule has 2 unspecified atom stereocenters. The Morgan fingerprint density at radius 1 is 1.36 bits per heavy atom. The highest BCUT2D eigenvalue weighted by molar-refractivity contribution is 5.75. The van der Waals surface area contributed by atoms with E-state index in [1.165, 1.54) is 24.2 Å². The Kier molecular flexibility index (Phi) is 4.79. The summed E-state index contributed by atoms with van der Waals surface area (Å²) in [5, 5.41) is 9.70. The second-order valence-electron chi connectivity index (χ2n) is 6.52. The van der Waals surface area contributed by atoms with E-state index in [2.05, 4.69) is 40.7 Å². The standard InChI is InChI=1S/C18H27N3O/c1-3-10-21-17-9-5-4-8-16(17)19-18(21)13-20-11-6-7-15(20)12-14(2)22/h4-5,8-9,14-15,22H,3,6-7,10-13H2,1-2H3. The Labute approximate surface area is 132 Å². The van der Waals surface area contributed by atoms with E-state index in [4.69, 9.17) is 4.98 Å². The Balaban J connectivity index is 1.85. The lowest BCUT2D eigenvalue weighted by atomic mass is 10.1. The number of nitrogens with zero attached hydrogens (tertiary/aromatic N) is 3. The van der Waals surface area contributed by atoms with E-state index >= 15 is 0 Å². The van der Waals surface area contributed by atoms with Crippen molar-refractivity contribution in [1.29, 1.82) is 0 Å². The van der Waals surface area contributed by atoms with Crippen LogP contribution in [0.3, 0.4) is 0 Å². The summed E-state index contributed by atoms with van der Waals surface area (Å²) in [6.07, 6.45) is 4.18. The van der Waals surface area contributed by atoms with Crippen LogP contribution in [0.4, 0.5) is 0 Å². The first kappa shape index (κ1) is 15.5. The summed E-state index contributed by atoms with van der Waals surface area (Å²) >= 11 is 0. The molecule has 0 amide bonds. The third-order valence-corrected chi connectivity index (χ3v) is 4.64. The zero-order valence-corrected chi connectivity index (χ0v) is 13.7. The summed E-state index contributed by atoms with van der Waals surface area (Å²) in [6.45, 7) is 7.14. The van der Waals surface area contributed by atoms with E-state index in [1.54, 1.807) is 0 Å². The minimum absolute atomic E-state index is 0.222. The van der Waals surface area contributed by atoms with Crippen LogP contribution in [0.5, 0.6) is 0 Å². The molecule has 1 saturated heterocycles. The normalized spacial score (nSPS) is 20.8. The fourth-order valence-corrected chi connectivity index (χ4v) is 3.66. The lowest BCUT2D eigenvalue weighted by molar-refractivity contribution is 0.129. The largest absolute Gasteiger partial charge is 0.393 e. The molecule has 1 aromatic heterocycles. The first-order chi connectivity index (χ1) is 10.7. The molecule has 1 fully saturated rings. The van der Waals surface area contributed by atoms with Crippen LogP contribution < -0.4 is 0 Å². The van der Waals surface area contributed by atoms with Gasteiger partial charge in [0.15, 0.2) is 0 Å². The third-order valence-electron chi connectivity index (χ3n) is 4.64. The van der Waals surface area contributed by atoms with E-state index in [1.807, 2.05) is 6.92 Å². The van der Waals surface area contributed by atoms with E-state index in [0.29, 0.717) is 6.04 Å². The van der Waals surface area contributed by atoms with Crippen molar-refractivity contribution in [1.82, 2.24) is 14.5 Å². The number of aliphatic hydroxyl groups excluding tert-OH is 1. The number of aliphatic hydroxyl groups is 1. The fraction of sp³-hybridized carbons (Fsp3) is 0.611. The molecule has 3 rings (SSSR count). The van der Waals surface area contributed by atoms with Gasteiger partial charge in [-0.3, -0.25) is 4.90 Å². The van der Waals surface area contributed by atoms with Crippen LogP contribution in [0.15, 0.2) is 24.3 Å². The van der Waals surface area contributed by atoms with Crippen LogP contribution >= 0.6 is 0 Å². The lowest BCUT2D eigenvalue weighted by Crippen LogP contribution is -2.32. The molecule has 1 aromatic carbocycles. The predicted octanol–water partition coefficient (Wildman–Crippen LogP) is 3.18. The molecule has 0 radical (unpaired) electrons. The van der Waals surface area contributed by atoms with Crippen molar-refractivity contribution in [2.45, 2.75) is 64.8 Å². The summed E-state index contributed by atoms with van der Waals surface area (Å²) in [6, 6.07) is 8.91. The maximum Gasteiger partial charge on any atom is 0.124 e. The van der Waals surface area contributed by atoms with E-state index in [9.17, 15) is 5.11 Å². The number of imidazole rings is 1. The molecule has 1 N–H and O–H groups in total. The van der Waals surface area contributed by atoms with Crippen LogP contribution in [-0.2, 0) is 13.1 Å². The van der Waals surface area contributed by atoms with Gasteiger partial charge >= 0.3 is 0 Å². The highest BCUT2D eigenvalue weighted by atomic mass is 16.3. The molecule has 22 heavy (non-hydrogen) atoms. The van der Waals surface area contributed by atoms with Crippen molar-refractivity contribution in [2.75, 3.05) is 6.54 Å². The van der Waals surface area contributed by atoms with E-state index in [-0.39, 0.29) is 6.10 Å². The molecule has 2 aromatic rings. The minimum Gasteiger partial charge on any atom is -0.393 e. The summed E-state index contributed by atoms with van der Waals surface area (Å²) in [5.41, 5.74) is 2.34. The van der Waals surface area contributed by atoms with Crippen molar-refractivity contribution >= 4 is 11.0 Å². The molecule has 2 atom stereocenters. The molecule has 2 heterocycles.